The van der Waals surface area contributed by atoms with E-state index in [2.05, 4.69) is 10.6 Å². The van der Waals surface area contributed by atoms with Crippen molar-refractivity contribution in [2.75, 3.05) is 10.6 Å². The first kappa shape index (κ1) is 15.0. The number of halogens is 1. The van der Waals surface area contributed by atoms with Crippen molar-refractivity contribution in [1.82, 2.24) is 0 Å². The fourth-order valence-electron chi connectivity index (χ4n) is 1.89. The lowest BCUT2D eigenvalue weighted by molar-refractivity contribution is -0.116. The van der Waals surface area contributed by atoms with Crippen molar-refractivity contribution in [1.29, 1.82) is 0 Å². The van der Waals surface area contributed by atoms with Crippen LogP contribution in [0, 0.1) is 19.7 Å². The fraction of sp³-hybridized carbons (Fsp3) is 0.235. The van der Waals surface area contributed by atoms with E-state index in [4.69, 9.17) is 0 Å². The summed E-state index contributed by atoms with van der Waals surface area (Å²) in [6, 6.07) is 12.0. The van der Waals surface area contributed by atoms with Gasteiger partial charge in [0.15, 0.2) is 0 Å². The number of nitrogens with one attached hydrogen (secondary N) is 2. The summed E-state index contributed by atoms with van der Waals surface area (Å²) < 4.78 is 13.4. The molecule has 2 aromatic rings. The van der Waals surface area contributed by atoms with Gasteiger partial charge in [0.1, 0.15) is 11.9 Å². The van der Waals surface area contributed by atoms with Crippen molar-refractivity contribution in [3.05, 3.63) is 59.4 Å². The van der Waals surface area contributed by atoms with Gasteiger partial charge in [-0.2, -0.15) is 0 Å². The molecule has 0 saturated heterocycles. The highest BCUT2D eigenvalue weighted by Crippen LogP contribution is 2.15. The standard InChI is InChI=1S/C17H19FN2O/c1-11-4-7-14(8-5-11)19-13(3)17(21)20-15-9-6-12(2)16(18)10-15/h4-10,13,19H,1-3H3,(H,20,21). The smallest absolute Gasteiger partial charge is 0.246 e. The van der Waals surface area contributed by atoms with E-state index in [1.54, 1.807) is 26.0 Å². The number of anilines is 2. The Bertz CT molecular complexity index is 638. The number of carbonyl (C=O) groups excluding carboxylic acids is 1. The summed E-state index contributed by atoms with van der Waals surface area (Å²) in [7, 11) is 0. The predicted octanol–water partition coefficient (Wildman–Crippen LogP) is 3.88. The summed E-state index contributed by atoms with van der Waals surface area (Å²) in [6.07, 6.45) is 0. The van der Waals surface area contributed by atoms with Gasteiger partial charge in [-0.1, -0.05) is 23.8 Å². The van der Waals surface area contributed by atoms with E-state index in [1.165, 1.54) is 6.07 Å². The zero-order valence-corrected chi connectivity index (χ0v) is 12.4. The SMILES string of the molecule is Cc1ccc(NC(C)C(=O)Nc2ccc(C)c(F)c2)cc1. The van der Waals surface area contributed by atoms with Crippen molar-refractivity contribution in [3.8, 4) is 0 Å². The molecule has 0 fully saturated rings. The molecule has 4 heteroatoms. The topological polar surface area (TPSA) is 41.1 Å². The van der Waals surface area contributed by atoms with E-state index >= 15 is 0 Å². The summed E-state index contributed by atoms with van der Waals surface area (Å²) >= 11 is 0. The highest BCUT2D eigenvalue weighted by atomic mass is 19.1. The molecular weight excluding hydrogens is 267 g/mol. The molecule has 21 heavy (non-hydrogen) atoms. The van der Waals surface area contributed by atoms with Gasteiger partial charge in [-0.05, 0) is 50.6 Å². The highest BCUT2D eigenvalue weighted by Gasteiger charge is 2.13. The van der Waals surface area contributed by atoms with E-state index in [0.717, 1.165) is 11.3 Å². The lowest BCUT2D eigenvalue weighted by Crippen LogP contribution is -2.31. The van der Waals surface area contributed by atoms with Gasteiger partial charge >= 0.3 is 0 Å². The molecule has 1 atom stereocenters. The summed E-state index contributed by atoms with van der Waals surface area (Å²) in [5.74, 6) is -0.536. The van der Waals surface area contributed by atoms with Gasteiger partial charge in [0, 0.05) is 11.4 Å². The second kappa shape index (κ2) is 6.39. The van der Waals surface area contributed by atoms with E-state index < -0.39 is 6.04 Å². The van der Waals surface area contributed by atoms with Gasteiger partial charge in [-0.3, -0.25) is 4.79 Å². The molecule has 0 aliphatic carbocycles. The Balaban J connectivity index is 1.98. The Kier molecular flexibility index (Phi) is 4.58. The lowest BCUT2D eigenvalue weighted by Gasteiger charge is -2.15. The van der Waals surface area contributed by atoms with E-state index in [0.29, 0.717) is 11.3 Å². The van der Waals surface area contributed by atoms with E-state index in [9.17, 15) is 9.18 Å². The molecule has 0 bridgehead atoms. The number of hydrogen-bond donors (Lipinski definition) is 2. The molecule has 0 spiro atoms. The fourth-order valence-corrected chi connectivity index (χ4v) is 1.89. The first-order valence-corrected chi connectivity index (χ1v) is 6.86. The molecule has 0 aliphatic heterocycles. The first-order valence-electron chi connectivity index (χ1n) is 6.86. The Morgan fingerprint density at radius 1 is 1.05 bits per heavy atom. The number of carbonyl (C=O) groups is 1. The maximum Gasteiger partial charge on any atom is 0.246 e. The molecule has 1 unspecified atom stereocenters. The minimum absolute atomic E-state index is 0.209. The molecule has 3 nitrogen and oxygen atoms in total. The Labute approximate surface area is 124 Å². The van der Waals surface area contributed by atoms with Crippen molar-refractivity contribution < 1.29 is 9.18 Å². The third-order valence-electron chi connectivity index (χ3n) is 3.27. The Morgan fingerprint density at radius 3 is 2.29 bits per heavy atom. The molecule has 2 N–H and O–H groups in total. The Hall–Kier alpha value is -2.36. The molecule has 0 saturated carbocycles. The van der Waals surface area contributed by atoms with Gasteiger partial charge in [-0.15, -0.1) is 0 Å². The van der Waals surface area contributed by atoms with Crippen molar-refractivity contribution >= 4 is 17.3 Å². The number of amides is 1. The van der Waals surface area contributed by atoms with Gasteiger partial charge in [-0.25, -0.2) is 4.39 Å². The lowest BCUT2D eigenvalue weighted by atomic mass is 10.2. The summed E-state index contributed by atoms with van der Waals surface area (Å²) in [6.45, 7) is 5.45. The molecule has 0 radical (unpaired) electrons. The largest absolute Gasteiger partial charge is 0.374 e. The number of aryl methyl sites for hydroxylation is 2. The number of benzene rings is 2. The van der Waals surface area contributed by atoms with Crippen LogP contribution in [0.25, 0.3) is 0 Å². The van der Waals surface area contributed by atoms with Crippen LogP contribution < -0.4 is 10.6 Å². The van der Waals surface area contributed by atoms with Crippen LogP contribution in [0.3, 0.4) is 0 Å². The number of rotatable bonds is 4. The van der Waals surface area contributed by atoms with Crippen LogP contribution in [0.15, 0.2) is 42.5 Å². The average molecular weight is 286 g/mol. The molecule has 2 aromatic carbocycles. The predicted molar refractivity (Wildman–Crippen MR) is 84.0 cm³/mol. The van der Waals surface area contributed by atoms with E-state index in [1.807, 2.05) is 31.2 Å². The normalized spacial score (nSPS) is 11.8. The summed E-state index contributed by atoms with van der Waals surface area (Å²) in [5, 5.41) is 5.81. The maximum absolute atomic E-state index is 13.4. The van der Waals surface area contributed by atoms with Crippen LogP contribution in [0.5, 0.6) is 0 Å². The summed E-state index contributed by atoms with van der Waals surface area (Å²) in [4.78, 5) is 12.1. The van der Waals surface area contributed by atoms with E-state index in [-0.39, 0.29) is 11.7 Å². The number of hydrogen-bond acceptors (Lipinski definition) is 2. The minimum atomic E-state index is -0.419. The van der Waals surface area contributed by atoms with Crippen LogP contribution in [-0.4, -0.2) is 11.9 Å². The monoisotopic (exact) mass is 286 g/mol. The van der Waals surface area contributed by atoms with Crippen molar-refractivity contribution in [2.45, 2.75) is 26.8 Å². The maximum atomic E-state index is 13.4. The minimum Gasteiger partial charge on any atom is -0.374 e. The second-order valence-corrected chi connectivity index (χ2v) is 5.19. The first-order chi connectivity index (χ1) is 9.95. The molecular formula is C17H19FN2O. The van der Waals surface area contributed by atoms with Crippen LogP contribution in [-0.2, 0) is 4.79 Å². The van der Waals surface area contributed by atoms with Gasteiger partial charge in [0.25, 0.3) is 0 Å². The van der Waals surface area contributed by atoms with Gasteiger partial charge in [0.2, 0.25) is 5.91 Å². The summed E-state index contributed by atoms with van der Waals surface area (Å²) in [5.41, 5.74) is 3.05. The molecule has 0 aromatic heterocycles. The van der Waals surface area contributed by atoms with Crippen LogP contribution in [0.1, 0.15) is 18.1 Å². The zero-order chi connectivity index (χ0) is 15.4. The van der Waals surface area contributed by atoms with Crippen molar-refractivity contribution in [3.63, 3.8) is 0 Å². The van der Waals surface area contributed by atoms with Crippen LogP contribution in [0.4, 0.5) is 15.8 Å². The van der Waals surface area contributed by atoms with Gasteiger partial charge in [0.05, 0.1) is 0 Å². The third-order valence-corrected chi connectivity index (χ3v) is 3.27. The molecule has 0 aliphatic rings. The highest BCUT2D eigenvalue weighted by molar-refractivity contribution is 5.96. The zero-order valence-electron chi connectivity index (χ0n) is 12.4. The van der Waals surface area contributed by atoms with Gasteiger partial charge < -0.3 is 10.6 Å². The molecule has 110 valence electrons. The van der Waals surface area contributed by atoms with Crippen LogP contribution in [0.2, 0.25) is 0 Å². The Morgan fingerprint density at radius 2 is 1.67 bits per heavy atom. The molecule has 1 amide bonds. The molecule has 2 rings (SSSR count). The molecule has 0 heterocycles. The average Bonchev–Trinajstić information content (AvgIpc) is 2.45. The second-order valence-electron chi connectivity index (χ2n) is 5.19. The third kappa shape index (κ3) is 4.05. The van der Waals surface area contributed by atoms with Crippen LogP contribution >= 0.6 is 0 Å². The quantitative estimate of drug-likeness (QED) is 0.895. The van der Waals surface area contributed by atoms with Crippen molar-refractivity contribution in [2.24, 2.45) is 0 Å².